The number of halogens is 3. The van der Waals surface area contributed by atoms with Crippen LogP contribution in [0.2, 0.25) is 0 Å². The van der Waals surface area contributed by atoms with Crippen LogP contribution in [0.4, 0.5) is 13.2 Å². The molecule has 1 atom stereocenters. The summed E-state index contributed by atoms with van der Waals surface area (Å²) in [6.45, 7) is 0. The molecule has 9 heteroatoms. The molecule has 3 rings (SSSR count). The van der Waals surface area contributed by atoms with Crippen molar-refractivity contribution in [2.75, 3.05) is 7.11 Å². The fraction of sp³-hybridized carbons (Fsp3) is 0.222. The van der Waals surface area contributed by atoms with Crippen molar-refractivity contribution in [3.05, 3.63) is 59.7 Å². The molecule has 1 aliphatic heterocycles. The van der Waals surface area contributed by atoms with Gasteiger partial charge in [0.15, 0.2) is 0 Å². The lowest BCUT2D eigenvalue weighted by atomic mass is 10.0. The van der Waals surface area contributed by atoms with Gasteiger partial charge in [-0.2, -0.15) is 23.3 Å². The lowest BCUT2D eigenvalue weighted by Crippen LogP contribution is -2.56. The Morgan fingerprint density at radius 1 is 1.22 bits per heavy atom. The maximum atomic E-state index is 13.6. The Morgan fingerprint density at radius 2 is 1.93 bits per heavy atom. The van der Waals surface area contributed by atoms with Gasteiger partial charge in [-0.05, 0) is 30.3 Å². The van der Waals surface area contributed by atoms with Crippen molar-refractivity contribution >= 4 is 11.6 Å². The number of aromatic hydroxyl groups is 1. The van der Waals surface area contributed by atoms with Crippen LogP contribution in [0, 0.1) is 0 Å². The zero-order valence-corrected chi connectivity index (χ0v) is 14.1. The van der Waals surface area contributed by atoms with E-state index >= 15 is 0 Å². The number of aliphatic hydroxyl groups is 1. The summed E-state index contributed by atoms with van der Waals surface area (Å²) >= 11 is 0. The Hall–Kier alpha value is -3.07. The summed E-state index contributed by atoms with van der Waals surface area (Å²) in [5.74, 6) is -1.10. The van der Waals surface area contributed by atoms with Crippen LogP contribution >= 0.6 is 0 Å². The average Bonchev–Trinajstić information content (AvgIpc) is 3.00. The topological polar surface area (TPSA) is 82.4 Å². The first-order valence-corrected chi connectivity index (χ1v) is 7.80. The monoisotopic (exact) mass is 380 g/mol. The van der Waals surface area contributed by atoms with Gasteiger partial charge in [-0.25, -0.2) is 0 Å². The molecule has 142 valence electrons. The number of alkyl halides is 3. The molecule has 2 N–H and O–H groups in total. The summed E-state index contributed by atoms with van der Waals surface area (Å²) in [4.78, 5) is 12.6. The minimum Gasteiger partial charge on any atom is -0.508 e. The van der Waals surface area contributed by atoms with Crippen molar-refractivity contribution in [3.63, 3.8) is 0 Å². The SMILES string of the molecule is COc1cccc(C2=NN(C(=O)c3cccc(O)c3)C(O)(C(F)(F)F)C2)c1. The van der Waals surface area contributed by atoms with Crippen LogP contribution in [-0.4, -0.2) is 45.9 Å². The molecule has 1 heterocycles. The third kappa shape index (κ3) is 3.33. The van der Waals surface area contributed by atoms with Crippen molar-refractivity contribution in [3.8, 4) is 11.5 Å². The highest BCUT2D eigenvalue weighted by atomic mass is 19.4. The van der Waals surface area contributed by atoms with Gasteiger partial charge in [0.1, 0.15) is 11.5 Å². The van der Waals surface area contributed by atoms with Crippen LogP contribution in [0.25, 0.3) is 0 Å². The second-order valence-corrected chi connectivity index (χ2v) is 5.94. The number of ether oxygens (including phenoxy) is 1. The van der Waals surface area contributed by atoms with E-state index in [0.717, 1.165) is 6.07 Å². The molecule has 6 nitrogen and oxygen atoms in total. The largest absolute Gasteiger partial charge is 0.508 e. The highest BCUT2D eigenvalue weighted by molar-refractivity contribution is 6.05. The molecule has 27 heavy (non-hydrogen) atoms. The molecule has 0 bridgehead atoms. The van der Waals surface area contributed by atoms with Crippen LogP contribution in [0.5, 0.6) is 11.5 Å². The number of hydrazone groups is 1. The predicted octanol–water partition coefficient (Wildman–Crippen LogP) is 2.90. The number of nitrogens with zero attached hydrogens (tertiary/aromatic N) is 2. The third-order valence-corrected chi connectivity index (χ3v) is 4.13. The predicted molar refractivity (Wildman–Crippen MR) is 89.4 cm³/mol. The Morgan fingerprint density at radius 3 is 2.56 bits per heavy atom. The number of carbonyl (C=O) groups is 1. The quantitative estimate of drug-likeness (QED) is 0.858. The van der Waals surface area contributed by atoms with Crippen molar-refractivity contribution in [1.29, 1.82) is 0 Å². The number of hydrogen-bond donors (Lipinski definition) is 2. The van der Waals surface area contributed by atoms with Crippen molar-refractivity contribution in [2.45, 2.75) is 18.3 Å². The molecule has 1 amide bonds. The van der Waals surface area contributed by atoms with Gasteiger partial charge in [-0.3, -0.25) is 4.79 Å². The van der Waals surface area contributed by atoms with Gasteiger partial charge in [-0.15, -0.1) is 0 Å². The van der Waals surface area contributed by atoms with Crippen molar-refractivity contribution in [1.82, 2.24) is 5.01 Å². The molecular formula is C18H15F3N2O4. The van der Waals surface area contributed by atoms with E-state index < -0.39 is 24.2 Å². The Labute approximate surface area is 152 Å². The molecule has 0 fully saturated rings. The van der Waals surface area contributed by atoms with Crippen LogP contribution < -0.4 is 4.74 Å². The van der Waals surface area contributed by atoms with Gasteiger partial charge < -0.3 is 14.9 Å². The van der Waals surface area contributed by atoms with Crippen LogP contribution in [-0.2, 0) is 0 Å². The van der Waals surface area contributed by atoms with Gasteiger partial charge >= 0.3 is 6.18 Å². The molecule has 0 radical (unpaired) electrons. The summed E-state index contributed by atoms with van der Waals surface area (Å²) < 4.78 is 45.8. The molecular weight excluding hydrogens is 365 g/mol. The standard InChI is InChI=1S/C18H15F3N2O4/c1-27-14-7-3-4-11(9-14)15-10-17(26,18(19,20)21)23(22-15)16(25)12-5-2-6-13(24)8-12/h2-9,24,26H,10H2,1H3. The fourth-order valence-electron chi connectivity index (χ4n) is 2.70. The summed E-state index contributed by atoms with van der Waals surface area (Å²) in [5, 5.41) is 23.6. The van der Waals surface area contributed by atoms with Gasteiger partial charge in [0.25, 0.3) is 11.6 Å². The molecule has 1 aliphatic rings. The van der Waals surface area contributed by atoms with E-state index in [-0.39, 0.29) is 27.6 Å². The number of phenols is 1. The summed E-state index contributed by atoms with van der Waals surface area (Å²) in [6, 6.07) is 10.9. The lowest BCUT2D eigenvalue weighted by molar-refractivity contribution is -0.297. The van der Waals surface area contributed by atoms with Gasteiger partial charge in [0.2, 0.25) is 0 Å². The molecule has 2 aromatic carbocycles. The van der Waals surface area contributed by atoms with Crippen LogP contribution in [0.1, 0.15) is 22.3 Å². The number of hydrogen-bond acceptors (Lipinski definition) is 5. The smallest absolute Gasteiger partial charge is 0.438 e. The highest BCUT2D eigenvalue weighted by Crippen LogP contribution is 2.42. The number of carbonyl (C=O) groups excluding carboxylic acids is 1. The fourth-order valence-corrected chi connectivity index (χ4v) is 2.70. The Balaban J connectivity index is 2.06. The number of benzene rings is 2. The van der Waals surface area contributed by atoms with Gasteiger partial charge in [0.05, 0.1) is 19.2 Å². The minimum atomic E-state index is -5.15. The Bertz CT molecular complexity index is 913. The maximum Gasteiger partial charge on any atom is 0.438 e. The molecule has 1 unspecified atom stereocenters. The zero-order chi connectivity index (χ0) is 19.8. The van der Waals surface area contributed by atoms with Crippen LogP contribution in [0.3, 0.4) is 0 Å². The highest BCUT2D eigenvalue weighted by Gasteiger charge is 2.63. The van der Waals surface area contributed by atoms with E-state index in [1.807, 2.05) is 0 Å². The van der Waals surface area contributed by atoms with E-state index in [2.05, 4.69) is 5.10 Å². The minimum absolute atomic E-state index is 0.0105. The second kappa shape index (κ2) is 6.58. The van der Waals surface area contributed by atoms with Gasteiger partial charge in [-0.1, -0.05) is 18.2 Å². The maximum absolute atomic E-state index is 13.6. The zero-order valence-electron chi connectivity index (χ0n) is 14.1. The number of methoxy groups -OCH3 is 1. The lowest BCUT2D eigenvalue weighted by Gasteiger charge is -2.32. The normalized spacial score (nSPS) is 19.7. The average molecular weight is 380 g/mol. The van der Waals surface area contributed by atoms with Crippen molar-refractivity contribution < 1.29 is 32.9 Å². The first-order valence-electron chi connectivity index (χ1n) is 7.80. The van der Waals surface area contributed by atoms with E-state index in [0.29, 0.717) is 5.75 Å². The second-order valence-electron chi connectivity index (χ2n) is 5.94. The molecule has 2 aromatic rings. The summed E-state index contributed by atoms with van der Waals surface area (Å²) in [7, 11) is 1.40. The number of amides is 1. The summed E-state index contributed by atoms with van der Waals surface area (Å²) in [5.41, 5.74) is -3.59. The van der Waals surface area contributed by atoms with E-state index in [1.165, 1.54) is 37.4 Å². The van der Waals surface area contributed by atoms with Crippen LogP contribution in [0.15, 0.2) is 53.6 Å². The first-order chi connectivity index (χ1) is 12.7. The first kappa shape index (κ1) is 18.7. The molecule has 0 saturated carbocycles. The van der Waals surface area contributed by atoms with E-state index in [1.54, 1.807) is 12.1 Å². The molecule has 0 saturated heterocycles. The molecule has 0 spiro atoms. The molecule has 0 aromatic heterocycles. The Kier molecular flexibility index (Phi) is 4.56. The van der Waals surface area contributed by atoms with E-state index in [9.17, 15) is 28.2 Å². The number of rotatable bonds is 3. The third-order valence-electron chi connectivity index (χ3n) is 4.13. The molecule has 0 aliphatic carbocycles. The van der Waals surface area contributed by atoms with Crippen molar-refractivity contribution in [2.24, 2.45) is 5.10 Å². The van der Waals surface area contributed by atoms with Gasteiger partial charge in [0, 0.05) is 11.1 Å². The number of phenolic OH excluding ortho intramolecular Hbond substituents is 1. The van der Waals surface area contributed by atoms with E-state index in [4.69, 9.17) is 4.74 Å². The summed E-state index contributed by atoms with van der Waals surface area (Å²) in [6.07, 6.45) is -6.09.